The topological polar surface area (TPSA) is 12.0 Å². The highest BCUT2D eigenvalue weighted by molar-refractivity contribution is 6.60. The smallest absolute Gasteiger partial charge is 0.283 e. The molecule has 2 heteroatoms. The lowest BCUT2D eigenvalue weighted by atomic mass is 9.74. The van der Waals surface area contributed by atoms with Crippen molar-refractivity contribution in [3.05, 3.63) is 48.5 Å². The third-order valence-electron chi connectivity index (χ3n) is 2.56. The van der Waals surface area contributed by atoms with E-state index in [1.165, 1.54) is 22.3 Å². The highest BCUT2D eigenvalue weighted by atomic mass is 14.8. The van der Waals surface area contributed by atoms with Gasteiger partial charge in [-0.2, -0.15) is 0 Å². The van der Waals surface area contributed by atoms with Gasteiger partial charge in [0.15, 0.2) is 0 Å². The second-order valence-corrected chi connectivity index (χ2v) is 3.42. The number of hydrogen-bond donors (Lipinski definition) is 1. The number of rotatable bonds is 0. The standard InChI is InChI=1S/C12H9BN/c1-3-7-11-9(5-1)10-6-2-4-8-12(10)14-13-11/h1-8,14H. The average Bonchev–Trinajstić information content (AvgIpc) is 2.29. The first-order valence-corrected chi connectivity index (χ1v) is 4.73. The van der Waals surface area contributed by atoms with E-state index in [-0.39, 0.29) is 0 Å². The van der Waals surface area contributed by atoms with Crippen LogP contribution in [0.2, 0.25) is 0 Å². The van der Waals surface area contributed by atoms with Crippen LogP contribution in [0.25, 0.3) is 11.1 Å². The summed E-state index contributed by atoms with van der Waals surface area (Å²) in [5.41, 5.74) is 5.03. The Morgan fingerprint density at radius 3 is 2.43 bits per heavy atom. The number of benzene rings is 2. The Kier molecular flexibility index (Phi) is 1.60. The van der Waals surface area contributed by atoms with Crippen LogP contribution >= 0.6 is 0 Å². The molecule has 0 aliphatic carbocycles. The van der Waals surface area contributed by atoms with Crippen LogP contribution in [0.4, 0.5) is 5.69 Å². The Hall–Kier alpha value is -1.70. The molecule has 0 saturated carbocycles. The highest BCUT2D eigenvalue weighted by Gasteiger charge is 2.14. The van der Waals surface area contributed by atoms with E-state index in [1.54, 1.807) is 0 Å². The zero-order valence-electron chi connectivity index (χ0n) is 7.70. The Morgan fingerprint density at radius 1 is 0.786 bits per heavy atom. The van der Waals surface area contributed by atoms with E-state index in [2.05, 4.69) is 55.1 Å². The molecule has 0 fully saturated rings. The Morgan fingerprint density at radius 2 is 1.50 bits per heavy atom. The minimum Gasteiger partial charge on any atom is -0.427 e. The summed E-state index contributed by atoms with van der Waals surface area (Å²) < 4.78 is 0. The fourth-order valence-electron chi connectivity index (χ4n) is 1.87. The van der Waals surface area contributed by atoms with Crippen molar-refractivity contribution in [1.29, 1.82) is 0 Å². The van der Waals surface area contributed by atoms with Crippen molar-refractivity contribution in [2.75, 3.05) is 5.23 Å². The number of hydrogen-bond acceptors (Lipinski definition) is 1. The molecule has 0 amide bonds. The van der Waals surface area contributed by atoms with Gasteiger partial charge in [0.25, 0.3) is 7.41 Å². The minimum atomic E-state index is 1.19. The van der Waals surface area contributed by atoms with Crippen molar-refractivity contribution in [3.63, 3.8) is 0 Å². The van der Waals surface area contributed by atoms with Crippen LogP contribution < -0.4 is 10.7 Å². The summed E-state index contributed by atoms with van der Waals surface area (Å²) in [6, 6.07) is 16.8. The first-order valence-electron chi connectivity index (χ1n) is 4.73. The van der Waals surface area contributed by atoms with Crippen molar-refractivity contribution in [2.45, 2.75) is 0 Å². The maximum atomic E-state index is 3.29. The van der Waals surface area contributed by atoms with Gasteiger partial charge in [-0.05, 0) is 11.6 Å². The van der Waals surface area contributed by atoms with Crippen LogP contribution in [0, 0.1) is 0 Å². The zero-order chi connectivity index (χ0) is 9.38. The van der Waals surface area contributed by atoms with Gasteiger partial charge >= 0.3 is 0 Å². The first-order chi connectivity index (χ1) is 6.95. The van der Waals surface area contributed by atoms with E-state index < -0.39 is 0 Å². The summed E-state index contributed by atoms with van der Waals surface area (Å²) in [5.74, 6) is 0. The van der Waals surface area contributed by atoms with Crippen molar-refractivity contribution >= 4 is 18.6 Å². The number of nitrogens with one attached hydrogen (secondary N) is 1. The Labute approximate surface area is 84.0 Å². The third-order valence-corrected chi connectivity index (χ3v) is 2.56. The Bertz CT molecular complexity index is 434. The summed E-state index contributed by atoms with van der Waals surface area (Å²) in [6.45, 7) is 0. The fourth-order valence-corrected chi connectivity index (χ4v) is 1.87. The van der Waals surface area contributed by atoms with Gasteiger partial charge in [0.05, 0.1) is 0 Å². The van der Waals surface area contributed by atoms with Crippen LogP contribution in [0.15, 0.2) is 48.5 Å². The predicted molar refractivity (Wildman–Crippen MR) is 60.9 cm³/mol. The quantitative estimate of drug-likeness (QED) is 0.608. The molecule has 0 bridgehead atoms. The SMILES string of the molecule is [B]1Nc2ccccc2-c2ccccc21. The zero-order valence-corrected chi connectivity index (χ0v) is 7.70. The van der Waals surface area contributed by atoms with Crippen molar-refractivity contribution in [2.24, 2.45) is 0 Å². The van der Waals surface area contributed by atoms with Crippen molar-refractivity contribution in [3.8, 4) is 11.1 Å². The summed E-state index contributed by atoms with van der Waals surface area (Å²) in [7, 11) is 2.05. The molecule has 0 atom stereocenters. The lowest BCUT2D eigenvalue weighted by Gasteiger charge is -2.20. The lowest BCUT2D eigenvalue weighted by Crippen LogP contribution is -2.28. The summed E-state index contributed by atoms with van der Waals surface area (Å²) in [6.07, 6.45) is 0. The molecule has 1 aliphatic rings. The molecule has 0 unspecified atom stereocenters. The van der Waals surface area contributed by atoms with Gasteiger partial charge < -0.3 is 5.23 Å². The van der Waals surface area contributed by atoms with Crippen LogP contribution in [-0.4, -0.2) is 7.41 Å². The second kappa shape index (κ2) is 2.91. The molecule has 1 heterocycles. The minimum absolute atomic E-state index is 1.19. The summed E-state index contributed by atoms with van der Waals surface area (Å²) in [4.78, 5) is 0. The van der Waals surface area contributed by atoms with E-state index >= 15 is 0 Å². The predicted octanol–water partition coefficient (Wildman–Crippen LogP) is 2.02. The van der Waals surface area contributed by atoms with Gasteiger partial charge in [-0.15, -0.1) is 0 Å². The van der Waals surface area contributed by atoms with Crippen LogP contribution in [0.1, 0.15) is 0 Å². The summed E-state index contributed by atoms with van der Waals surface area (Å²) in [5, 5.41) is 3.29. The van der Waals surface area contributed by atoms with Crippen LogP contribution in [-0.2, 0) is 0 Å². The fraction of sp³-hybridized carbons (Fsp3) is 0. The molecule has 2 aromatic rings. The molecule has 3 rings (SSSR count). The molecule has 65 valence electrons. The van der Waals surface area contributed by atoms with E-state index in [1.807, 2.05) is 6.07 Å². The average molecular weight is 178 g/mol. The van der Waals surface area contributed by atoms with E-state index in [0.29, 0.717) is 0 Å². The van der Waals surface area contributed by atoms with Gasteiger partial charge in [0, 0.05) is 11.3 Å². The molecule has 2 aromatic carbocycles. The Balaban J connectivity index is 2.29. The number of fused-ring (bicyclic) bond motifs is 3. The molecule has 1 nitrogen and oxygen atoms in total. The molecule has 0 saturated heterocycles. The first kappa shape index (κ1) is 7.68. The number of para-hydroxylation sites is 1. The van der Waals surface area contributed by atoms with Gasteiger partial charge in [0.2, 0.25) is 0 Å². The second-order valence-electron chi connectivity index (χ2n) is 3.42. The van der Waals surface area contributed by atoms with Crippen LogP contribution in [0.3, 0.4) is 0 Å². The summed E-state index contributed by atoms with van der Waals surface area (Å²) >= 11 is 0. The van der Waals surface area contributed by atoms with Crippen LogP contribution in [0.5, 0.6) is 0 Å². The number of anilines is 1. The van der Waals surface area contributed by atoms with E-state index in [0.717, 1.165) is 0 Å². The molecular weight excluding hydrogens is 169 g/mol. The van der Waals surface area contributed by atoms with Crippen molar-refractivity contribution < 1.29 is 0 Å². The lowest BCUT2D eigenvalue weighted by molar-refractivity contribution is 1.59. The molecule has 0 spiro atoms. The van der Waals surface area contributed by atoms with Gasteiger partial charge in [-0.25, -0.2) is 0 Å². The highest BCUT2D eigenvalue weighted by Crippen LogP contribution is 2.28. The molecule has 1 aliphatic heterocycles. The van der Waals surface area contributed by atoms with E-state index in [4.69, 9.17) is 0 Å². The monoisotopic (exact) mass is 178 g/mol. The molecule has 1 radical (unpaired) electrons. The molecule has 14 heavy (non-hydrogen) atoms. The normalized spacial score (nSPS) is 12.0. The third kappa shape index (κ3) is 1.04. The van der Waals surface area contributed by atoms with Crippen molar-refractivity contribution in [1.82, 2.24) is 0 Å². The van der Waals surface area contributed by atoms with E-state index in [9.17, 15) is 0 Å². The molecular formula is C12H9BN. The van der Waals surface area contributed by atoms with Gasteiger partial charge in [0.1, 0.15) is 0 Å². The maximum Gasteiger partial charge on any atom is 0.283 e. The molecule has 0 aromatic heterocycles. The van der Waals surface area contributed by atoms with Gasteiger partial charge in [-0.1, -0.05) is 47.9 Å². The molecule has 1 N–H and O–H groups in total. The van der Waals surface area contributed by atoms with Gasteiger partial charge in [-0.3, -0.25) is 0 Å². The maximum absolute atomic E-state index is 3.29. The largest absolute Gasteiger partial charge is 0.427 e.